The Balaban J connectivity index is 1.69. The van der Waals surface area contributed by atoms with Gasteiger partial charge in [-0.3, -0.25) is 14.4 Å². The predicted octanol–water partition coefficient (Wildman–Crippen LogP) is 3.35. The third-order valence-electron chi connectivity index (χ3n) is 4.39. The first kappa shape index (κ1) is 18.0. The molecule has 1 unspecified atom stereocenters. The number of carbonyl (C=O) groups is 3. The molecular formula is C17H18BrNO3S2. The maximum absolute atomic E-state index is 12.7. The van der Waals surface area contributed by atoms with E-state index in [4.69, 9.17) is 0 Å². The summed E-state index contributed by atoms with van der Waals surface area (Å²) in [5.41, 5.74) is 0.601. The number of ketones is 1. The van der Waals surface area contributed by atoms with Crippen LogP contribution in [0.1, 0.15) is 31.1 Å². The number of halogens is 1. The van der Waals surface area contributed by atoms with E-state index >= 15 is 0 Å². The van der Waals surface area contributed by atoms with Crippen molar-refractivity contribution in [3.05, 3.63) is 35.9 Å². The first-order valence-corrected chi connectivity index (χ1v) is 10.3. The number of carbonyl (C=O) groups excluding carboxylic acids is 3. The Bertz CT molecular complexity index is 705. The molecule has 0 N–H and O–H groups in total. The number of Topliss-reactive ketones (excluding diaryl/α,β-unsaturated/α-hetero) is 1. The Kier molecular flexibility index (Phi) is 4.64. The Morgan fingerprint density at radius 1 is 1.25 bits per heavy atom. The Hall–Kier alpha value is -0.790. The molecule has 1 aromatic carbocycles. The van der Waals surface area contributed by atoms with E-state index in [0.29, 0.717) is 5.56 Å². The summed E-state index contributed by atoms with van der Waals surface area (Å²) in [7, 11) is 0. The van der Waals surface area contributed by atoms with Crippen molar-refractivity contribution in [1.82, 2.24) is 4.90 Å². The SMILES string of the molecule is CC1(C)S[C@H]2N(C(=O)C2(C)Br)[C@H]1C(=O)SCC(=O)c1ccccc1. The molecule has 2 saturated heterocycles. The van der Waals surface area contributed by atoms with Gasteiger partial charge in [-0.15, -0.1) is 11.8 Å². The van der Waals surface area contributed by atoms with E-state index in [-0.39, 0.29) is 32.7 Å². The van der Waals surface area contributed by atoms with Crippen molar-refractivity contribution >= 4 is 56.3 Å². The number of hydrogen-bond donors (Lipinski definition) is 0. The minimum Gasteiger partial charge on any atom is -0.315 e. The molecule has 2 fully saturated rings. The fourth-order valence-electron chi connectivity index (χ4n) is 3.09. The molecular weight excluding hydrogens is 410 g/mol. The van der Waals surface area contributed by atoms with Crippen LogP contribution < -0.4 is 0 Å². The highest BCUT2D eigenvalue weighted by Crippen LogP contribution is 2.58. The van der Waals surface area contributed by atoms with Crippen LogP contribution in [0.2, 0.25) is 0 Å². The molecule has 3 atom stereocenters. The number of fused-ring (bicyclic) bond motifs is 1. The molecule has 2 aliphatic heterocycles. The first-order valence-electron chi connectivity index (χ1n) is 7.60. The lowest BCUT2D eigenvalue weighted by Gasteiger charge is -2.48. The van der Waals surface area contributed by atoms with Gasteiger partial charge in [-0.05, 0) is 20.8 Å². The van der Waals surface area contributed by atoms with E-state index in [1.165, 1.54) is 0 Å². The molecule has 3 rings (SSSR count). The summed E-state index contributed by atoms with van der Waals surface area (Å²) in [6.45, 7) is 5.81. The van der Waals surface area contributed by atoms with Crippen molar-refractivity contribution in [3.8, 4) is 0 Å². The Morgan fingerprint density at radius 3 is 2.50 bits per heavy atom. The second-order valence-electron chi connectivity index (χ2n) is 6.66. The molecule has 2 heterocycles. The summed E-state index contributed by atoms with van der Waals surface area (Å²) in [6.07, 6.45) is 0. The Morgan fingerprint density at radius 2 is 1.88 bits per heavy atom. The van der Waals surface area contributed by atoms with Gasteiger partial charge >= 0.3 is 0 Å². The highest BCUT2D eigenvalue weighted by atomic mass is 79.9. The predicted molar refractivity (Wildman–Crippen MR) is 102 cm³/mol. The van der Waals surface area contributed by atoms with Gasteiger partial charge < -0.3 is 4.90 Å². The van der Waals surface area contributed by atoms with Crippen LogP contribution in [0.3, 0.4) is 0 Å². The van der Waals surface area contributed by atoms with E-state index in [9.17, 15) is 14.4 Å². The van der Waals surface area contributed by atoms with E-state index in [2.05, 4.69) is 15.9 Å². The topological polar surface area (TPSA) is 54.5 Å². The van der Waals surface area contributed by atoms with Crippen LogP contribution in [0, 0.1) is 0 Å². The molecule has 0 bridgehead atoms. The van der Waals surface area contributed by atoms with E-state index in [1.807, 2.05) is 26.8 Å². The first-order chi connectivity index (χ1) is 11.2. The van der Waals surface area contributed by atoms with Crippen molar-refractivity contribution in [2.75, 3.05) is 5.75 Å². The summed E-state index contributed by atoms with van der Waals surface area (Å²) >= 11 is 6.12. The average molecular weight is 428 g/mol. The molecule has 0 radical (unpaired) electrons. The fraction of sp³-hybridized carbons (Fsp3) is 0.471. The van der Waals surface area contributed by atoms with Crippen LogP contribution in [0.4, 0.5) is 0 Å². The zero-order valence-corrected chi connectivity index (χ0v) is 16.8. The van der Waals surface area contributed by atoms with Gasteiger partial charge in [-0.2, -0.15) is 0 Å². The lowest BCUT2D eigenvalue weighted by Crippen LogP contribution is -2.69. The summed E-state index contributed by atoms with van der Waals surface area (Å²) < 4.78 is -0.972. The van der Waals surface area contributed by atoms with Gasteiger partial charge in [-0.25, -0.2) is 0 Å². The smallest absolute Gasteiger partial charge is 0.243 e. The third-order valence-corrected chi connectivity index (χ3v) is 8.13. The zero-order valence-electron chi connectivity index (χ0n) is 13.6. The van der Waals surface area contributed by atoms with Crippen LogP contribution >= 0.6 is 39.5 Å². The molecule has 24 heavy (non-hydrogen) atoms. The fourth-order valence-corrected chi connectivity index (χ4v) is 6.45. The molecule has 0 spiro atoms. The van der Waals surface area contributed by atoms with Crippen LogP contribution in [-0.2, 0) is 9.59 Å². The minimum absolute atomic E-state index is 0.0422. The molecule has 0 aromatic heterocycles. The number of benzene rings is 1. The van der Waals surface area contributed by atoms with Gasteiger partial charge in [0.15, 0.2) is 5.78 Å². The summed E-state index contributed by atoms with van der Waals surface area (Å²) in [4.78, 5) is 39.0. The van der Waals surface area contributed by atoms with Crippen molar-refractivity contribution < 1.29 is 14.4 Å². The number of β-lactam (4-membered cyclic amide) rings is 1. The Labute approximate surface area is 158 Å². The van der Waals surface area contributed by atoms with Gasteiger partial charge in [0, 0.05) is 10.3 Å². The monoisotopic (exact) mass is 427 g/mol. The standard InChI is InChI=1S/C17H18BrNO3S2/c1-16(2)12(19-14(22)17(3,18)15(19)24-16)13(21)23-9-11(20)10-7-5-4-6-8-10/h4-8,12,15H,9H2,1-3H3/t12-,15+,17?/m0/s1. The van der Waals surface area contributed by atoms with Crippen molar-refractivity contribution in [1.29, 1.82) is 0 Å². The lowest BCUT2D eigenvalue weighted by molar-refractivity contribution is -0.150. The largest absolute Gasteiger partial charge is 0.315 e. The minimum atomic E-state index is -0.603. The zero-order chi connectivity index (χ0) is 17.7. The van der Waals surface area contributed by atoms with Gasteiger partial charge in [0.05, 0.1) is 5.75 Å². The number of nitrogens with zero attached hydrogens (tertiary/aromatic N) is 1. The molecule has 4 nitrogen and oxygen atoms in total. The molecule has 128 valence electrons. The molecule has 1 aromatic rings. The number of alkyl halides is 1. The highest BCUT2D eigenvalue weighted by Gasteiger charge is 2.68. The average Bonchev–Trinajstić information content (AvgIpc) is 2.83. The number of amides is 1. The highest BCUT2D eigenvalue weighted by molar-refractivity contribution is 9.10. The number of thioether (sulfide) groups is 2. The van der Waals surface area contributed by atoms with Crippen molar-refractivity contribution in [2.24, 2.45) is 0 Å². The van der Waals surface area contributed by atoms with E-state index < -0.39 is 10.4 Å². The van der Waals surface area contributed by atoms with Gasteiger partial charge in [-0.1, -0.05) is 58.0 Å². The van der Waals surface area contributed by atoms with Crippen molar-refractivity contribution in [2.45, 2.75) is 41.3 Å². The van der Waals surface area contributed by atoms with Gasteiger partial charge in [0.2, 0.25) is 11.0 Å². The summed E-state index contributed by atoms with van der Waals surface area (Å²) in [6, 6.07) is 8.44. The van der Waals surface area contributed by atoms with Crippen LogP contribution in [0.25, 0.3) is 0 Å². The second kappa shape index (κ2) is 6.18. The molecule has 0 aliphatic carbocycles. The second-order valence-corrected chi connectivity index (χ2v) is 11.0. The molecule has 1 amide bonds. The van der Waals surface area contributed by atoms with E-state index in [1.54, 1.807) is 40.9 Å². The van der Waals surface area contributed by atoms with Crippen LogP contribution in [-0.4, -0.2) is 47.9 Å². The maximum Gasteiger partial charge on any atom is 0.243 e. The number of hydrogen-bond acceptors (Lipinski definition) is 5. The van der Waals surface area contributed by atoms with Gasteiger partial charge in [0.1, 0.15) is 15.7 Å². The third kappa shape index (κ3) is 2.84. The molecule has 7 heteroatoms. The molecule has 2 aliphatic rings. The summed E-state index contributed by atoms with van der Waals surface area (Å²) in [5.74, 6) is -0.0358. The quantitative estimate of drug-likeness (QED) is 0.418. The van der Waals surface area contributed by atoms with Crippen molar-refractivity contribution in [3.63, 3.8) is 0 Å². The lowest BCUT2D eigenvalue weighted by atomic mass is 9.93. The van der Waals surface area contributed by atoms with Gasteiger partial charge in [0.25, 0.3) is 0 Å². The summed E-state index contributed by atoms with van der Waals surface area (Å²) in [5, 5.41) is -0.157. The number of rotatable bonds is 4. The van der Waals surface area contributed by atoms with Crippen LogP contribution in [0.5, 0.6) is 0 Å². The normalized spacial score (nSPS) is 30.7. The molecule has 0 saturated carbocycles. The maximum atomic E-state index is 12.7. The van der Waals surface area contributed by atoms with E-state index in [0.717, 1.165) is 11.8 Å². The van der Waals surface area contributed by atoms with Crippen LogP contribution in [0.15, 0.2) is 30.3 Å².